The highest BCUT2D eigenvalue weighted by molar-refractivity contribution is 6.80. The SMILES string of the molecule is CC1C2C=CC=CC2C([Si](C)(C)C2C(C)C3C=CC=CC3C2C)C1c1ccccc1. The molecule has 0 radical (unpaired) electrons. The lowest BCUT2D eigenvalue weighted by Gasteiger charge is -2.46. The van der Waals surface area contributed by atoms with Gasteiger partial charge in [-0.2, -0.15) is 0 Å². The van der Waals surface area contributed by atoms with Crippen LogP contribution in [0.3, 0.4) is 0 Å². The minimum atomic E-state index is -1.60. The molecule has 2 saturated carbocycles. The van der Waals surface area contributed by atoms with Crippen molar-refractivity contribution in [2.75, 3.05) is 0 Å². The van der Waals surface area contributed by atoms with E-state index in [9.17, 15) is 0 Å². The summed E-state index contributed by atoms with van der Waals surface area (Å²) >= 11 is 0. The molecule has 9 unspecified atom stereocenters. The topological polar surface area (TPSA) is 0 Å². The monoisotopic (exact) mass is 414 g/mol. The van der Waals surface area contributed by atoms with Crippen LogP contribution in [0.2, 0.25) is 24.2 Å². The predicted molar refractivity (Wildman–Crippen MR) is 132 cm³/mol. The lowest BCUT2D eigenvalue weighted by Crippen LogP contribution is -2.45. The molecule has 1 aromatic carbocycles. The minimum Gasteiger partial charge on any atom is -0.0808 e. The zero-order chi connectivity index (χ0) is 21.0. The molecule has 0 spiro atoms. The Bertz CT molecular complexity index is 864. The van der Waals surface area contributed by atoms with E-state index in [1.165, 1.54) is 0 Å². The normalized spacial score (nSPS) is 44.3. The Kier molecular flexibility index (Phi) is 5.09. The third kappa shape index (κ3) is 2.92. The molecule has 2 fully saturated rings. The number of allylic oxidation sites excluding steroid dienone is 8. The Morgan fingerprint density at radius 1 is 0.567 bits per heavy atom. The van der Waals surface area contributed by atoms with Crippen molar-refractivity contribution < 1.29 is 0 Å². The summed E-state index contributed by atoms with van der Waals surface area (Å²) in [6.07, 6.45) is 19.4. The number of hydrogen-bond acceptors (Lipinski definition) is 0. The first kappa shape index (κ1) is 20.3. The van der Waals surface area contributed by atoms with E-state index in [1.54, 1.807) is 5.56 Å². The third-order valence-corrected chi connectivity index (χ3v) is 14.9. The summed E-state index contributed by atoms with van der Waals surface area (Å²) in [6, 6.07) is 11.5. The van der Waals surface area contributed by atoms with Crippen molar-refractivity contribution in [1.82, 2.24) is 0 Å². The predicted octanol–water partition coefficient (Wildman–Crippen LogP) is 7.87. The van der Waals surface area contributed by atoms with Gasteiger partial charge in [-0.1, -0.05) is 113 Å². The van der Waals surface area contributed by atoms with Crippen molar-refractivity contribution in [2.24, 2.45) is 41.4 Å². The molecule has 0 nitrogen and oxygen atoms in total. The molecular formula is C29H38Si. The maximum Gasteiger partial charge on any atom is 0.0554 e. The van der Waals surface area contributed by atoms with Crippen LogP contribution in [-0.4, -0.2) is 8.07 Å². The van der Waals surface area contributed by atoms with E-state index in [4.69, 9.17) is 0 Å². The van der Waals surface area contributed by atoms with Crippen LogP contribution in [0.15, 0.2) is 78.9 Å². The van der Waals surface area contributed by atoms with E-state index in [0.29, 0.717) is 23.7 Å². The van der Waals surface area contributed by atoms with Crippen molar-refractivity contribution in [3.8, 4) is 0 Å². The van der Waals surface area contributed by atoms with Crippen molar-refractivity contribution in [3.05, 3.63) is 84.5 Å². The van der Waals surface area contributed by atoms with Crippen LogP contribution < -0.4 is 0 Å². The van der Waals surface area contributed by atoms with Gasteiger partial charge in [0, 0.05) is 0 Å². The van der Waals surface area contributed by atoms with Gasteiger partial charge < -0.3 is 0 Å². The fraction of sp³-hybridized carbons (Fsp3) is 0.517. The minimum absolute atomic E-state index is 0.684. The van der Waals surface area contributed by atoms with E-state index in [-0.39, 0.29) is 0 Å². The standard InChI is InChI=1S/C29H38Si/c1-19-23-15-11-12-18-26(23)29(27(19)22-13-7-6-8-14-22)30(4,5)28-20(2)24-16-9-10-17-25(24)21(28)3/h6-21,23-29H,1-5H3. The third-order valence-electron chi connectivity index (χ3n) is 9.67. The Labute approximate surface area is 184 Å². The van der Waals surface area contributed by atoms with Crippen molar-refractivity contribution in [3.63, 3.8) is 0 Å². The second-order valence-electron chi connectivity index (χ2n) is 11.2. The highest BCUT2D eigenvalue weighted by Gasteiger charge is 2.60. The quantitative estimate of drug-likeness (QED) is 0.441. The Balaban J connectivity index is 1.58. The molecule has 0 heterocycles. The van der Waals surface area contributed by atoms with E-state index < -0.39 is 8.07 Å². The maximum atomic E-state index is 2.76. The lowest BCUT2D eigenvalue weighted by molar-refractivity contribution is 0.427. The van der Waals surface area contributed by atoms with Crippen molar-refractivity contribution in [1.29, 1.82) is 0 Å². The van der Waals surface area contributed by atoms with Crippen LogP contribution >= 0.6 is 0 Å². The zero-order valence-corrected chi connectivity index (χ0v) is 20.3. The van der Waals surface area contributed by atoms with Crippen LogP contribution in [0, 0.1) is 41.4 Å². The first-order valence-corrected chi connectivity index (χ1v) is 15.3. The molecule has 0 amide bonds. The van der Waals surface area contributed by atoms with Gasteiger partial charge in [0.25, 0.3) is 0 Å². The fourth-order valence-corrected chi connectivity index (χ4v) is 15.1. The Morgan fingerprint density at radius 3 is 1.57 bits per heavy atom. The lowest BCUT2D eigenvalue weighted by atomic mass is 9.84. The summed E-state index contributed by atoms with van der Waals surface area (Å²) in [4.78, 5) is 0. The molecule has 0 aliphatic heterocycles. The van der Waals surface area contributed by atoms with Crippen LogP contribution in [0.1, 0.15) is 32.3 Å². The summed E-state index contributed by atoms with van der Waals surface area (Å²) in [5.74, 6) is 5.88. The van der Waals surface area contributed by atoms with Crippen LogP contribution in [0.4, 0.5) is 0 Å². The molecule has 5 rings (SSSR count). The summed E-state index contributed by atoms with van der Waals surface area (Å²) in [6.45, 7) is 13.2. The second kappa shape index (κ2) is 7.52. The highest BCUT2D eigenvalue weighted by Crippen LogP contribution is 2.66. The average molecular weight is 415 g/mol. The van der Waals surface area contributed by atoms with Crippen LogP contribution in [-0.2, 0) is 0 Å². The molecule has 0 bridgehead atoms. The molecule has 1 heteroatoms. The van der Waals surface area contributed by atoms with Gasteiger partial charge in [0.15, 0.2) is 0 Å². The first-order chi connectivity index (χ1) is 14.4. The van der Waals surface area contributed by atoms with Crippen LogP contribution in [0.25, 0.3) is 0 Å². The van der Waals surface area contributed by atoms with E-state index in [0.717, 1.165) is 34.8 Å². The molecule has 9 atom stereocenters. The average Bonchev–Trinajstić information content (AvgIpc) is 3.21. The second-order valence-corrected chi connectivity index (χ2v) is 16.2. The first-order valence-electron chi connectivity index (χ1n) is 12.2. The molecule has 30 heavy (non-hydrogen) atoms. The fourth-order valence-electron chi connectivity index (χ4n) is 8.71. The van der Waals surface area contributed by atoms with Gasteiger partial charge in [-0.15, -0.1) is 0 Å². The number of fused-ring (bicyclic) bond motifs is 2. The smallest absolute Gasteiger partial charge is 0.0554 e. The van der Waals surface area contributed by atoms with Crippen molar-refractivity contribution in [2.45, 2.75) is 50.9 Å². The largest absolute Gasteiger partial charge is 0.0808 e. The molecule has 0 aromatic heterocycles. The van der Waals surface area contributed by atoms with Gasteiger partial charge in [0.2, 0.25) is 0 Å². The summed E-state index contributed by atoms with van der Waals surface area (Å²) in [5, 5.41) is 0. The van der Waals surface area contributed by atoms with Gasteiger partial charge in [-0.25, -0.2) is 0 Å². The Morgan fingerprint density at radius 2 is 1.03 bits per heavy atom. The van der Waals surface area contributed by atoms with Gasteiger partial charge >= 0.3 is 0 Å². The molecule has 158 valence electrons. The molecule has 4 aliphatic carbocycles. The number of rotatable bonds is 3. The molecular weight excluding hydrogens is 376 g/mol. The van der Waals surface area contributed by atoms with Crippen LogP contribution in [0.5, 0.6) is 0 Å². The number of hydrogen-bond donors (Lipinski definition) is 0. The van der Waals surface area contributed by atoms with E-state index >= 15 is 0 Å². The summed E-state index contributed by atoms with van der Waals surface area (Å²) in [5.41, 5.74) is 3.27. The van der Waals surface area contributed by atoms with E-state index in [2.05, 4.69) is 113 Å². The molecule has 1 aromatic rings. The van der Waals surface area contributed by atoms with Crippen molar-refractivity contribution >= 4 is 8.07 Å². The van der Waals surface area contributed by atoms with Gasteiger partial charge in [-0.05, 0) is 64.0 Å². The molecule has 4 aliphatic rings. The Hall–Kier alpha value is -1.60. The van der Waals surface area contributed by atoms with Gasteiger partial charge in [-0.3, -0.25) is 0 Å². The molecule has 0 N–H and O–H groups in total. The van der Waals surface area contributed by atoms with Gasteiger partial charge in [0.05, 0.1) is 8.07 Å². The number of benzene rings is 1. The highest BCUT2D eigenvalue weighted by atomic mass is 28.3. The van der Waals surface area contributed by atoms with E-state index in [1.807, 2.05) is 0 Å². The zero-order valence-electron chi connectivity index (χ0n) is 19.3. The maximum absolute atomic E-state index is 2.76. The van der Waals surface area contributed by atoms with Gasteiger partial charge in [0.1, 0.15) is 0 Å². The summed E-state index contributed by atoms with van der Waals surface area (Å²) in [7, 11) is -1.60. The summed E-state index contributed by atoms with van der Waals surface area (Å²) < 4.78 is 0. The molecule has 0 saturated heterocycles.